The van der Waals surface area contributed by atoms with Crippen LogP contribution in [0.1, 0.15) is 66.0 Å². The van der Waals surface area contributed by atoms with Crippen molar-refractivity contribution in [2.45, 2.75) is 78.4 Å². The van der Waals surface area contributed by atoms with Gasteiger partial charge in [-0.25, -0.2) is 4.98 Å². The van der Waals surface area contributed by atoms with Crippen molar-refractivity contribution < 1.29 is 9.53 Å². The maximum atomic E-state index is 13.1. The molecule has 32 heavy (non-hydrogen) atoms. The lowest BCUT2D eigenvalue weighted by Gasteiger charge is -2.54. The first-order chi connectivity index (χ1) is 15.1. The van der Waals surface area contributed by atoms with E-state index in [1.807, 2.05) is 36.9 Å². The van der Waals surface area contributed by atoms with Crippen molar-refractivity contribution in [1.29, 1.82) is 0 Å². The molecule has 3 rings (SSSR count). The van der Waals surface area contributed by atoms with Gasteiger partial charge in [0.25, 0.3) is 0 Å². The summed E-state index contributed by atoms with van der Waals surface area (Å²) in [4.78, 5) is 25.0. The third-order valence-electron chi connectivity index (χ3n) is 7.09. The molecule has 1 atom stereocenters. The minimum atomic E-state index is -0.200. The Morgan fingerprint density at radius 1 is 1.22 bits per heavy atom. The minimum absolute atomic E-state index is 0.0951. The van der Waals surface area contributed by atoms with E-state index in [9.17, 15) is 4.79 Å². The quantitative estimate of drug-likeness (QED) is 0.604. The third kappa shape index (κ3) is 6.30. The number of anilines is 1. The summed E-state index contributed by atoms with van der Waals surface area (Å²) >= 11 is 0. The van der Waals surface area contributed by atoms with Gasteiger partial charge in [-0.2, -0.15) is 0 Å². The number of nitrogens with zero attached hydrogens (tertiary/aromatic N) is 4. The van der Waals surface area contributed by atoms with E-state index in [0.29, 0.717) is 13.0 Å². The van der Waals surface area contributed by atoms with Crippen LogP contribution in [0.3, 0.4) is 0 Å². The van der Waals surface area contributed by atoms with Gasteiger partial charge in [-0.05, 0) is 64.6 Å². The number of ether oxygens (including phenoxy) is 1. The lowest BCUT2D eigenvalue weighted by Crippen LogP contribution is -2.66. The van der Waals surface area contributed by atoms with Crippen molar-refractivity contribution >= 4 is 11.7 Å². The molecule has 180 valence electrons. The van der Waals surface area contributed by atoms with Gasteiger partial charge >= 0.3 is 0 Å². The van der Waals surface area contributed by atoms with Crippen LogP contribution in [-0.4, -0.2) is 77.7 Å². The molecule has 1 aromatic rings. The molecule has 1 unspecified atom stereocenters. The molecule has 0 bridgehead atoms. The fourth-order valence-electron chi connectivity index (χ4n) is 5.30. The van der Waals surface area contributed by atoms with Gasteiger partial charge < -0.3 is 9.64 Å². The largest absolute Gasteiger partial charge is 0.375 e. The van der Waals surface area contributed by atoms with E-state index in [1.54, 1.807) is 0 Å². The Bertz CT molecular complexity index is 758. The summed E-state index contributed by atoms with van der Waals surface area (Å²) < 4.78 is 6.13. The average Bonchev–Trinajstić information content (AvgIpc) is 2.75. The molecule has 2 saturated heterocycles. The van der Waals surface area contributed by atoms with E-state index >= 15 is 0 Å². The molecule has 0 aliphatic carbocycles. The van der Waals surface area contributed by atoms with Crippen LogP contribution in [-0.2, 0) is 9.53 Å². The Hall–Kier alpha value is -1.50. The summed E-state index contributed by atoms with van der Waals surface area (Å²) in [5, 5.41) is 0. The molecule has 1 amide bonds. The zero-order chi connectivity index (χ0) is 23.4. The standard InChI is InChI=1S/C26H44N4O2/c1-7-24(31)30(23-10-8-9-22(4)27-23)20-26(12-18-32-25(5,6)19-26)29-16-14-28(15-17-29)13-11-21(2)3/h8-10,21H,7,11-20H2,1-6H3. The molecule has 0 radical (unpaired) electrons. The number of hydrogen-bond acceptors (Lipinski definition) is 5. The molecule has 2 aliphatic rings. The zero-order valence-corrected chi connectivity index (χ0v) is 21.2. The molecular formula is C26H44N4O2. The van der Waals surface area contributed by atoms with Crippen LogP contribution in [0.15, 0.2) is 18.2 Å². The first-order valence-electron chi connectivity index (χ1n) is 12.5. The Morgan fingerprint density at radius 2 is 1.94 bits per heavy atom. The van der Waals surface area contributed by atoms with Crippen molar-refractivity contribution in [3.63, 3.8) is 0 Å². The first kappa shape index (κ1) is 25.1. The second-order valence-corrected chi connectivity index (χ2v) is 10.7. The van der Waals surface area contributed by atoms with Gasteiger partial charge in [0.1, 0.15) is 5.82 Å². The molecular weight excluding hydrogens is 400 g/mol. The van der Waals surface area contributed by atoms with Gasteiger partial charge in [-0.3, -0.25) is 14.6 Å². The summed E-state index contributed by atoms with van der Waals surface area (Å²) in [5.74, 6) is 1.66. The fourth-order valence-corrected chi connectivity index (χ4v) is 5.30. The first-order valence-corrected chi connectivity index (χ1v) is 12.5. The van der Waals surface area contributed by atoms with Crippen molar-refractivity contribution in [2.24, 2.45) is 5.92 Å². The van der Waals surface area contributed by atoms with E-state index < -0.39 is 0 Å². The summed E-state index contributed by atoms with van der Waals surface area (Å²) in [6, 6.07) is 5.96. The van der Waals surface area contributed by atoms with Crippen LogP contribution in [0.2, 0.25) is 0 Å². The normalized spacial score (nSPS) is 24.6. The second-order valence-electron chi connectivity index (χ2n) is 10.7. The molecule has 2 aliphatic heterocycles. The van der Waals surface area contributed by atoms with Crippen molar-refractivity contribution in [2.75, 3.05) is 50.8 Å². The highest BCUT2D eigenvalue weighted by molar-refractivity contribution is 5.92. The molecule has 0 aromatic carbocycles. The van der Waals surface area contributed by atoms with Crippen molar-refractivity contribution in [3.8, 4) is 0 Å². The Labute approximate surface area is 195 Å². The molecule has 0 saturated carbocycles. The Kier molecular flexibility index (Phi) is 8.34. The number of amides is 1. The second kappa shape index (κ2) is 10.6. The van der Waals surface area contributed by atoms with Crippen LogP contribution < -0.4 is 4.90 Å². The lowest BCUT2D eigenvalue weighted by atomic mass is 9.78. The number of carbonyl (C=O) groups is 1. The number of aryl methyl sites for hydroxylation is 1. The number of pyridine rings is 1. The van der Waals surface area contributed by atoms with Crippen LogP contribution >= 0.6 is 0 Å². The molecule has 3 heterocycles. The van der Waals surface area contributed by atoms with Gasteiger partial charge in [-0.15, -0.1) is 0 Å². The number of carbonyl (C=O) groups excluding carboxylic acids is 1. The van der Waals surface area contributed by atoms with Gasteiger partial charge in [0, 0.05) is 57.0 Å². The number of aromatic nitrogens is 1. The summed E-state index contributed by atoms with van der Waals surface area (Å²) in [6.07, 6.45) is 3.60. The number of rotatable bonds is 8. The predicted molar refractivity (Wildman–Crippen MR) is 131 cm³/mol. The van der Waals surface area contributed by atoms with Crippen molar-refractivity contribution in [1.82, 2.24) is 14.8 Å². The van der Waals surface area contributed by atoms with Crippen molar-refractivity contribution in [3.05, 3.63) is 23.9 Å². The molecule has 6 heteroatoms. The maximum Gasteiger partial charge on any atom is 0.227 e. The smallest absolute Gasteiger partial charge is 0.227 e. The van der Waals surface area contributed by atoms with Crippen LogP contribution in [0.25, 0.3) is 0 Å². The average molecular weight is 445 g/mol. The van der Waals surface area contributed by atoms with Gasteiger partial charge in [-0.1, -0.05) is 26.8 Å². The van der Waals surface area contributed by atoms with E-state index in [1.165, 1.54) is 13.0 Å². The monoisotopic (exact) mass is 444 g/mol. The minimum Gasteiger partial charge on any atom is -0.375 e. The molecule has 2 fully saturated rings. The maximum absolute atomic E-state index is 13.1. The van der Waals surface area contributed by atoms with Gasteiger partial charge in [0.05, 0.1) is 5.60 Å². The molecule has 1 aromatic heterocycles. The predicted octanol–water partition coefficient (Wildman–Crippen LogP) is 4.12. The van der Waals surface area contributed by atoms with Gasteiger partial charge in [0.15, 0.2) is 0 Å². The Morgan fingerprint density at radius 3 is 2.53 bits per heavy atom. The van der Waals surface area contributed by atoms with Crippen LogP contribution in [0.4, 0.5) is 5.82 Å². The Balaban J connectivity index is 1.84. The number of hydrogen-bond donors (Lipinski definition) is 0. The molecule has 6 nitrogen and oxygen atoms in total. The summed E-state index contributed by atoms with van der Waals surface area (Å²) in [7, 11) is 0. The van der Waals surface area contributed by atoms with Crippen LogP contribution in [0.5, 0.6) is 0 Å². The number of piperazine rings is 1. The summed E-state index contributed by atoms with van der Waals surface area (Å²) in [5.41, 5.74) is 0.646. The van der Waals surface area contributed by atoms with E-state index in [0.717, 1.165) is 63.1 Å². The van der Waals surface area contributed by atoms with E-state index in [-0.39, 0.29) is 17.0 Å². The lowest BCUT2D eigenvalue weighted by molar-refractivity contribution is -0.130. The fraction of sp³-hybridized carbons (Fsp3) is 0.769. The zero-order valence-electron chi connectivity index (χ0n) is 21.2. The van der Waals surface area contributed by atoms with E-state index in [2.05, 4.69) is 37.5 Å². The highest BCUT2D eigenvalue weighted by atomic mass is 16.5. The third-order valence-corrected chi connectivity index (χ3v) is 7.09. The van der Waals surface area contributed by atoms with E-state index in [4.69, 9.17) is 9.72 Å². The van der Waals surface area contributed by atoms with Crippen LogP contribution in [0, 0.1) is 12.8 Å². The molecule has 0 N–H and O–H groups in total. The highest BCUT2D eigenvalue weighted by Crippen LogP contribution is 2.38. The summed E-state index contributed by atoms with van der Waals surface area (Å²) in [6.45, 7) is 19.8. The SMILES string of the molecule is CCC(=O)N(CC1(N2CCN(CCC(C)C)CC2)CCOC(C)(C)C1)c1cccc(C)n1. The topological polar surface area (TPSA) is 48.9 Å². The molecule has 0 spiro atoms. The highest BCUT2D eigenvalue weighted by Gasteiger charge is 2.47. The van der Waals surface area contributed by atoms with Gasteiger partial charge in [0.2, 0.25) is 5.91 Å².